The lowest BCUT2D eigenvalue weighted by Gasteiger charge is -2.13. The van der Waals surface area contributed by atoms with Crippen LogP contribution in [0.15, 0.2) is 12.1 Å². The molecule has 0 unspecified atom stereocenters. The molecule has 0 amide bonds. The van der Waals surface area contributed by atoms with Crippen molar-refractivity contribution in [2.75, 3.05) is 6.54 Å². The molecular weight excluding hydrogens is 186 g/mol. The molecule has 1 aromatic rings. The third kappa shape index (κ3) is 1.53. The normalized spacial score (nSPS) is 24.4. The standard InChI is InChI=1S/C13H17NO/c15-13-8-10(12-5-2-6-14-12)7-9-3-1-4-11(9)13/h7-8,12,14-15H,1-6H2/t12-/m0/s1. The Balaban J connectivity index is 1.99. The first-order chi connectivity index (χ1) is 7.34. The molecule has 15 heavy (non-hydrogen) atoms. The van der Waals surface area contributed by atoms with E-state index in [4.69, 9.17) is 0 Å². The topological polar surface area (TPSA) is 32.3 Å². The summed E-state index contributed by atoms with van der Waals surface area (Å²) < 4.78 is 0. The van der Waals surface area contributed by atoms with Crippen molar-refractivity contribution in [1.82, 2.24) is 5.32 Å². The number of aromatic hydroxyl groups is 1. The second kappa shape index (κ2) is 3.53. The van der Waals surface area contributed by atoms with Crippen LogP contribution in [0.1, 0.15) is 42.0 Å². The average Bonchev–Trinajstić information content (AvgIpc) is 2.88. The van der Waals surface area contributed by atoms with Crippen LogP contribution < -0.4 is 5.32 Å². The van der Waals surface area contributed by atoms with E-state index in [0.29, 0.717) is 11.8 Å². The number of hydrogen-bond acceptors (Lipinski definition) is 2. The van der Waals surface area contributed by atoms with E-state index in [9.17, 15) is 5.11 Å². The average molecular weight is 203 g/mol. The van der Waals surface area contributed by atoms with Crippen molar-refractivity contribution >= 4 is 0 Å². The molecule has 1 aromatic carbocycles. The highest BCUT2D eigenvalue weighted by molar-refractivity contribution is 5.46. The van der Waals surface area contributed by atoms with E-state index in [-0.39, 0.29) is 0 Å². The molecule has 1 aliphatic heterocycles. The lowest BCUT2D eigenvalue weighted by atomic mass is 9.99. The van der Waals surface area contributed by atoms with E-state index in [1.54, 1.807) is 0 Å². The first kappa shape index (κ1) is 9.22. The molecule has 1 fully saturated rings. The van der Waals surface area contributed by atoms with Crippen LogP contribution in [0.5, 0.6) is 5.75 Å². The summed E-state index contributed by atoms with van der Waals surface area (Å²) in [6.07, 6.45) is 5.86. The molecule has 3 rings (SSSR count). The molecule has 0 spiro atoms. The summed E-state index contributed by atoms with van der Waals surface area (Å²) in [4.78, 5) is 0. The van der Waals surface area contributed by atoms with Crippen LogP contribution in [-0.4, -0.2) is 11.7 Å². The van der Waals surface area contributed by atoms with Gasteiger partial charge in [-0.2, -0.15) is 0 Å². The summed E-state index contributed by atoms with van der Waals surface area (Å²) in [5, 5.41) is 13.4. The highest BCUT2D eigenvalue weighted by atomic mass is 16.3. The van der Waals surface area contributed by atoms with Gasteiger partial charge in [0, 0.05) is 6.04 Å². The summed E-state index contributed by atoms with van der Waals surface area (Å²) >= 11 is 0. The van der Waals surface area contributed by atoms with Crippen LogP contribution in [0.2, 0.25) is 0 Å². The van der Waals surface area contributed by atoms with Crippen LogP contribution >= 0.6 is 0 Å². The van der Waals surface area contributed by atoms with Crippen LogP contribution in [-0.2, 0) is 12.8 Å². The number of fused-ring (bicyclic) bond motifs is 1. The lowest BCUT2D eigenvalue weighted by Crippen LogP contribution is -2.13. The Hall–Kier alpha value is -1.02. The number of rotatable bonds is 1. The number of hydrogen-bond donors (Lipinski definition) is 2. The number of phenols is 1. The Labute approximate surface area is 90.3 Å². The van der Waals surface area contributed by atoms with Gasteiger partial charge in [-0.3, -0.25) is 0 Å². The Morgan fingerprint density at radius 3 is 2.93 bits per heavy atom. The first-order valence-corrected chi connectivity index (χ1v) is 5.92. The maximum absolute atomic E-state index is 9.94. The molecule has 1 aliphatic carbocycles. The second-order valence-corrected chi connectivity index (χ2v) is 4.68. The van der Waals surface area contributed by atoms with Crippen molar-refractivity contribution in [2.24, 2.45) is 0 Å². The van der Waals surface area contributed by atoms with Crippen molar-refractivity contribution in [3.05, 3.63) is 28.8 Å². The van der Waals surface area contributed by atoms with Gasteiger partial charge in [0.1, 0.15) is 5.75 Å². The van der Waals surface area contributed by atoms with Gasteiger partial charge >= 0.3 is 0 Å². The molecule has 80 valence electrons. The smallest absolute Gasteiger partial charge is 0.119 e. The van der Waals surface area contributed by atoms with Crippen LogP contribution in [0.25, 0.3) is 0 Å². The molecule has 2 heteroatoms. The third-order valence-corrected chi connectivity index (χ3v) is 3.68. The van der Waals surface area contributed by atoms with Gasteiger partial charge in [0.15, 0.2) is 0 Å². The quantitative estimate of drug-likeness (QED) is 0.734. The number of phenolic OH excluding ortho intramolecular Hbond substituents is 1. The fraction of sp³-hybridized carbons (Fsp3) is 0.538. The summed E-state index contributed by atoms with van der Waals surface area (Å²) in [7, 11) is 0. The van der Waals surface area contributed by atoms with Gasteiger partial charge in [-0.05, 0) is 61.4 Å². The highest BCUT2D eigenvalue weighted by Crippen LogP contribution is 2.34. The maximum Gasteiger partial charge on any atom is 0.119 e. The van der Waals surface area contributed by atoms with Gasteiger partial charge in [0.2, 0.25) is 0 Å². The van der Waals surface area contributed by atoms with Crippen molar-refractivity contribution in [2.45, 2.75) is 38.1 Å². The first-order valence-electron chi connectivity index (χ1n) is 5.92. The summed E-state index contributed by atoms with van der Waals surface area (Å²) in [6, 6.07) is 4.74. The van der Waals surface area contributed by atoms with E-state index >= 15 is 0 Å². The summed E-state index contributed by atoms with van der Waals surface area (Å²) in [6.45, 7) is 1.11. The zero-order chi connectivity index (χ0) is 10.3. The van der Waals surface area contributed by atoms with E-state index in [2.05, 4.69) is 11.4 Å². The molecule has 2 aliphatic rings. The minimum atomic E-state index is 0.474. The van der Waals surface area contributed by atoms with E-state index in [1.165, 1.54) is 36.0 Å². The van der Waals surface area contributed by atoms with Crippen LogP contribution in [0, 0.1) is 0 Å². The van der Waals surface area contributed by atoms with Gasteiger partial charge < -0.3 is 10.4 Å². The number of aryl methyl sites for hydroxylation is 1. The van der Waals surface area contributed by atoms with Gasteiger partial charge in [-0.1, -0.05) is 6.07 Å². The minimum absolute atomic E-state index is 0.474. The number of benzene rings is 1. The van der Waals surface area contributed by atoms with Crippen molar-refractivity contribution < 1.29 is 5.11 Å². The predicted octanol–water partition coefficient (Wildman–Crippen LogP) is 2.31. The van der Waals surface area contributed by atoms with Crippen molar-refractivity contribution in [1.29, 1.82) is 0 Å². The van der Waals surface area contributed by atoms with Crippen LogP contribution in [0.3, 0.4) is 0 Å². The molecule has 1 saturated heterocycles. The Bertz CT molecular complexity index is 380. The highest BCUT2D eigenvalue weighted by Gasteiger charge is 2.21. The molecule has 2 nitrogen and oxygen atoms in total. The van der Waals surface area contributed by atoms with Gasteiger partial charge in [-0.25, -0.2) is 0 Å². The largest absolute Gasteiger partial charge is 0.508 e. The molecule has 0 bridgehead atoms. The maximum atomic E-state index is 9.94. The molecule has 0 saturated carbocycles. The molecule has 1 heterocycles. The second-order valence-electron chi connectivity index (χ2n) is 4.68. The third-order valence-electron chi connectivity index (χ3n) is 3.68. The Kier molecular flexibility index (Phi) is 2.17. The van der Waals surface area contributed by atoms with E-state index < -0.39 is 0 Å². The van der Waals surface area contributed by atoms with E-state index in [1.807, 2.05) is 6.07 Å². The van der Waals surface area contributed by atoms with Crippen LogP contribution in [0.4, 0.5) is 0 Å². The molecule has 0 radical (unpaired) electrons. The van der Waals surface area contributed by atoms with Gasteiger partial charge in [-0.15, -0.1) is 0 Å². The fourth-order valence-electron chi connectivity index (χ4n) is 2.88. The molecule has 0 aromatic heterocycles. The minimum Gasteiger partial charge on any atom is -0.508 e. The SMILES string of the molecule is Oc1cc([C@@H]2CCCN2)cc2c1CCC2. The zero-order valence-electron chi connectivity index (χ0n) is 8.92. The predicted molar refractivity (Wildman–Crippen MR) is 60.1 cm³/mol. The fourth-order valence-corrected chi connectivity index (χ4v) is 2.88. The van der Waals surface area contributed by atoms with Gasteiger partial charge in [0.25, 0.3) is 0 Å². The Morgan fingerprint density at radius 1 is 1.20 bits per heavy atom. The monoisotopic (exact) mass is 203 g/mol. The molecule has 2 N–H and O–H groups in total. The van der Waals surface area contributed by atoms with E-state index in [0.717, 1.165) is 19.4 Å². The summed E-state index contributed by atoms with van der Waals surface area (Å²) in [5.41, 5.74) is 3.85. The summed E-state index contributed by atoms with van der Waals surface area (Å²) in [5.74, 6) is 0.522. The zero-order valence-corrected chi connectivity index (χ0v) is 8.92. The Morgan fingerprint density at radius 2 is 2.13 bits per heavy atom. The number of nitrogens with one attached hydrogen (secondary N) is 1. The molecule has 1 atom stereocenters. The lowest BCUT2D eigenvalue weighted by molar-refractivity contribution is 0.467. The van der Waals surface area contributed by atoms with Gasteiger partial charge in [0.05, 0.1) is 0 Å². The van der Waals surface area contributed by atoms with Crippen molar-refractivity contribution in [3.63, 3.8) is 0 Å². The molecular formula is C13H17NO. The van der Waals surface area contributed by atoms with Crippen molar-refractivity contribution in [3.8, 4) is 5.75 Å².